The molecule has 65 heavy (non-hydrogen) atoms. The summed E-state index contributed by atoms with van der Waals surface area (Å²) in [5.41, 5.74) is 24.4. The van der Waals surface area contributed by atoms with Crippen molar-refractivity contribution < 1.29 is 0 Å². The van der Waals surface area contributed by atoms with Crippen molar-refractivity contribution in [2.24, 2.45) is 17.3 Å². The van der Waals surface area contributed by atoms with E-state index < -0.39 is 0 Å². The van der Waals surface area contributed by atoms with Gasteiger partial charge in [-0.2, -0.15) is 0 Å². The number of benzene rings is 4. The first kappa shape index (κ1) is 42.7. The van der Waals surface area contributed by atoms with Crippen molar-refractivity contribution in [3.05, 3.63) is 159 Å². The summed E-state index contributed by atoms with van der Waals surface area (Å²) < 4.78 is 0. The number of hydrogen-bond donors (Lipinski definition) is 0. The number of rotatable bonds is 7. The minimum atomic E-state index is -0.367. The first-order valence-electron chi connectivity index (χ1n) is 25.2. The van der Waals surface area contributed by atoms with Gasteiger partial charge in [0.2, 0.25) is 6.71 Å². The Morgan fingerprint density at radius 3 is 1.94 bits per heavy atom. The number of allylic oxidation sites excluding steroid dienone is 6. The number of fused-ring (bicyclic) bond motifs is 12. The third-order valence-electron chi connectivity index (χ3n) is 18.0. The molecule has 0 spiro atoms. The highest BCUT2D eigenvalue weighted by atomic mass is 15.3. The molecule has 4 heteroatoms. The fraction of sp³-hybridized carbons (Fsp3) is 0.443. The molecular formula is C61H72BN3. The Bertz CT molecular complexity index is 2870. The number of anilines is 2. The molecule has 0 bridgehead atoms. The van der Waals surface area contributed by atoms with Crippen molar-refractivity contribution in [1.82, 2.24) is 4.90 Å². The van der Waals surface area contributed by atoms with E-state index in [0.29, 0.717) is 11.8 Å². The van der Waals surface area contributed by atoms with E-state index >= 15 is 0 Å². The number of hydrogen-bond acceptors (Lipinski definition) is 3. The van der Waals surface area contributed by atoms with Crippen molar-refractivity contribution in [3.63, 3.8) is 0 Å². The van der Waals surface area contributed by atoms with E-state index in [9.17, 15) is 0 Å². The van der Waals surface area contributed by atoms with E-state index in [0.717, 1.165) is 12.8 Å². The molecule has 0 amide bonds. The molecule has 0 radical (unpaired) electrons. The van der Waals surface area contributed by atoms with Gasteiger partial charge in [-0.3, -0.25) is 0 Å². The van der Waals surface area contributed by atoms with Gasteiger partial charge in [0, 0.05) is 80.3 Å². The SMILES string of the molecule is CCCC1=C(C)C(C)(C)C2C=CC3=C(C12)N(C(C)C)C1=CC(N(c2cccc4c2-c2ccccc2C4(C)C)C(C)C)=CC2(C)C1B3c1ccc3c(c1N2C(C)C)-c1ccccc1C3(C)C. The van der Waals surface area contributed by atoms with Gasteiger partial charge in [0.15, 0.2) is 0 Å². The Hall–Kier alpha value is -4.96. The lowest BCUT2D eigenvalue weighted by Gasteiger charge is -2.62. The van der Waals surface area contributed by atoms with Crippen LogP contribution < -0.4 is 15.3 Å². The molecule has 2 heterocycles. The average molecular weight is 858 g/mol. The van der Waals surface area contributed by atoms with Gasteiger partial charge >= 0.3 is 0 Å². The lowest BCUT2D eigenvalue weighted by molar-refractivity contribution is 0.232. The maximum atomic E-state index is 2.91. The maximum Gasteiger partial charge on any atom is 0.226 e. The van der Waals surface area contributed by atoms with Gasteiger partial charge in [-0.25, -0.2) is 0 Å². The zero-order valence-electron chi connectivity index (χ0n) is 42.1. The van der Waals surface area contributed by atoms with Gasteiger partial charge < -0.3 is 14.7 Å². The van der Waals surface area contributed by atoms with Crippen molar-refractivity contribution >= 4 is 23.6 Å². The fourth-order valence-electron chi connectivity index (χ4n) is 15.2. The molecule has 0 saturated carbocycles. The minimum absolute atomic E-state index is 0.0805. The van der Waals surface area contributed by atoms with Gasteiger partial charge in [0.25, 0.3) is 0 Å². The lowest BCUT2D eigenvalue weighted by atomic mass is 9.25. The third kappa shape index (κ3) is 5.38. The summed E-state index contributed by atoms with van der Waals surface area (Å²) in [6.45, 7) is 37.1. The maximum absolute atomic E-state index is 2.91. The molecule has 334 valence electrons. The van der Waals surface area contributed by atoms with Gasteiger partial charge in [-0.15, -0.1) is 0 Å². The van der Waals surface area contributed by atoms with E-state index in [-0.39, 0.29) is 52.4 Å². The first-order chi connectivity index (χ1) is 30.8. The van der Waals surface area contributed by atoms with Gasteiger partial charge in [-0.05, 0) is 130 Å². The monoisotopic (exact) mass is 858 g/mol. The molecule has 0 aromatic heterocycles. The van der Waals surface area contributed by atoms with Crippen LogP contribution in [0.15, 0.2) is 137 Å². The van der Waals surface area contributed by atoms with Crippen LogP contribution in [0.25, 0.3) is 22.3 Å². The molecule has 4 atom stereocenters. The van der Waals surface area contributed by atoms with Crippen LogP contribution in [0.2, 0.25) is 5.82 Å². The topological polar surface area (TPSA) is 9.72 Å². The fourth-order valence-corrected chi connectivity index (χ4v) is 15.2. The zero-order valence-corrected chi connectivity index (χ0v) is 42.1. The molecule has 7 aliphatic rings. The van der Waals surface area contributed by atoms with Crippen LogP contribution in [0.1, 0.15) is 139 Å². The Labute approximate surface area is 392 Å². The highest BCUT2D eigenvalue weighted by Crippen LogP contribution is 2.65. The van der Waals surface area contributed by atoms with Crippen LogP contribution in [-0.2, 0) is 10.8 Å². The zero-order chi connectivity index (χ0) is 46.0. The predicted octanol–water partition coefficient (Wildman–Crippen LogP) is 14.5. The summed E-state index contributed by atoms with van der Waals surface area (Å²) in [4.78, 5) is 8.53. The smallest absolute Gasteiger partial charge is 0.226 e. The Morgan fingerprint density at radius 2 is 1.32 bits per heavy atom. The summed E-state index contributed by atoms with van der Waals surface area (Å²) >= 11 is 0. The standard InChI is InChI=1S/C61H72BN3/c1-16-22-40-38(8)58(9,10)46-29-31-48-55(53(40)46)64(36(4)5)51-33-39(63(35(2)3)50-28-21-27-45-52(50)41-23-17-19-25-43(41)59(45,11)12)34-61(15)57(51)62(48)49-32-30-47-54(56(49)65(61)37(6)7)42-24-18-20-26-44(42)60(47,13)14/h17-21,23-37,46,53,57H,16,22H2,1-15H3. The molecule has 3 nitrogen and oxygen atoms in total. The molecule has 4 aromatic rings. The molecule has 4 aromatic carbocycles. The normalized spacial score (nSPS) is 25.6. The van der Waals surface area contributed by atoms with E-state index in [1.54, 1.807) is 22.3 Å². The summed E-state index contributed by atoms with van der Waals surface area (Å²) in [5.74, 6) is 0.986. The minimum Gasteiger partial charge on any atom is -0.360 e. The summed E-state index contributed by atoms with van der Waals surface area (Å²) in [6.07, 6.45) is 13.1. The summed E-state index contributed by atoms with van der Waals surface area (Å²) in [7, 11) is 0. The molecule has 0 saturated heterocycles. The molecule has 0 fully saturated rings. The van der Waals surface area contributed by atoms with Gasteiger partial charge in [-0.1, -0.05) is 156 Å². The molecule has 11 rings (SSSR count). The van der Waals surface area contributed by atoms with Crippen molar-refractivity contribution in [2.45, 2.75) is 157 Å². The van der Waals surface area contributed by atoms with Crippen molar-refractivity contribution in [3.8, 4) is 22.3 Å². The van der Waals surface area contributed by atoms with Crippen LogP contribution in [-0.4, -0.2) is 35.3 Å². The first-order valence-corrected chi connectivity index (χ1v) is 25.2. The molecule has 2 aliphatic heterocycles. The molecule has 5 aliphatic carbocycles. The van der Waals surface area contributed by atoms with Crippen LogP contribution in [0.4, 0.5) is 11.4 Å². The summed E-state index contributed by atoms with van der Waals surface area (Å²) in [6, 6.07) is 31.5. The second-order valence-electron chi connectivity index (χ2n) is 23.5. The van der Waals surface area contributed by atoms with Crippen molar-refractivity contribution in [2.75, 3.05) is 9.80 Å². The van der Waals surface area contributed by atoms with Crippen molar-refractivity contribution in [1.29, 1.82) is 0 Å². The quantitative estimate of drug-likeness (QED) is 0.135. The molecule has 0 N–H and O–H groups in total. The van der Waals surface area contributed by atoms with E-state index in [2.05, 4.69) is 222 Å². The second kappa shape index (κ2) is 14.0. The van der Waals surface area contributed by atoms with Gasteiger partial charge in [0.1, 0.15) is 0 Å². The van der Waals surface area contributed by atoms with Crippen LogP contribution in [0.5, 0.6) is 0 Å². The second-order valence-corrected chi connectivity index (χ2v) is 23.5. The van der Waals surface area contributed by atoms with E-state index in [1.165, 1.54) is 72.7 Å². The Morgan fingerprint density at radius 1 is 0.708 bits per heavy atom. The highest BCUT2D eigenvalue weighted by Gasteiger charge is 2.62. The average Bonchev–Trinajstić information content (AvgIpc) is 3.72. The van der Waals surface area contributed by atoms with E-state index in [1.807, 2.05) is 0 Å². The Kier molecular flexibility index (Phi) is 9.21. The number of nitrogens with zero attached hydrogens (tertiary/aromatic N) is 3. The highest BCUT2D eigenvalue weighted by molar-refractivity contribution is 6.85. The van der Waals surface area contributed by atoms with Crippen LogP contribution in [0, 0.1) is 17.3 Å². The van der Waals surface area contributed by atoms with Gasteiger partial charge in [0.05, 0.1) is 5.54 Å². The predicted molar refractivity (Wildman–Crippen MR) is 278 cm³/mol. The van der Waals surface area contributed by atoms with Crippen LogP contribution in [0.3, 0.4) is 0 Å². The third-order valence-corrected chi connectivity index (χ3v) is 18.0. The van der Waals surface area contributed by atoms with E-state index in [4.69, 9.17) is 0 Å². The Balaban J connectivity index is 1.25. The lowest BCUT2D eigenvalue weighted by Crippen LogP contribution is -2.68. The van der Waals surface area contributed by atoms with Crippen LogP contribution >= 0.6 is 0 Å². The summed E-state index contributed by atoms with van der Waals surface area (Å²) in [5, 5.41) is 0. The largest absolute Gasteiger partial charge is 0.360 e. The molecule has 4 unspecified atom stereocenters. The molecular weight excluding hydrogens is 786 g/mol.